The first-order valence-corrected chi connectivity index (χ1v) is 7.80. The van der Waals surface area contributed by atoms with Crippen LogP contribution in [0.25, 0.3) is 6.08 Å². The highest BCUT2D eigenvalue weighted by Gasteiger charge is 2.11. The van der Waals surface area contributed by atoms with Crippen molar-refractivity contribution < 1.29 is 23.8 Å². The van der Waals surface area contributed by atoms with Crippen LogP contribution in [-0.4, -0.2) is 32.3 Å². The first kappa shape index (κ1) is 18.9. The minimum atomic E-state index is -0.625. The summed E-state index contributed by atoms with van der Waals surface area (Å²) in [4.78, 5) is 23.5. The molecule has 0 spiro atoms. The second kappa shape index (κ2) is 9.12. The van der Waals surface area contributed by atoms with Crippen LogP contribution in [0.5, 0.6) is 5.75 Å². The molecule has 2 aromatic carbocycles. The maximum absolute atomic E-state index is 11.9. The van der Waals surface area contributed by atoms with Gasteiger partial charge in [-0.2, -0.15) is 0 Å². The summed E-state index contributed by atoms with van der Waals surface area (Å²) in [5.41, 5.74) is 13.0. The number of ether oxygens (including phenoxy) is 3. The van der Waals surface area contributed by atoms with Gasteiger partial charge in [-0.05, 0) is 42.0 Å². The number of methoxy groups -OCH3 is 1. The minimum Gasteiger partial charge on any atom is -0.497 e. The van der Waals surface area contributed by atoms with Gasteiger partial charge in [0.15, 0.2) is 0 Å². The molecule has 4 N–H and O–H groups in total. The molecule has 136 valence electrons. The number of benzene rings is 2. The Hall–Kier alpha value is -3.48. The summed E-state index contributed by atoms with van der Waals surface area (Å²) in [6.07, 6.45) is 2.90. The van der Waals surface area contributed by atoms with Gasteiger partial charge in [0.05, 0.1) is 12.7 Å². The fraction of sp³-hybridized carbons (Fsp3) is 0.158. The van der Waals surface area contributed by atoms with Gasteiger partial charge in [-0.3, -0.25) is 0 Å². The summed E-state index contributed by atoms with van der Waals surface area (Å²) in [5, 5.41) is 0. The highest BCUT2D eigenvalue weighted by molar-refractivity contribution is 5.96. The molecule has 0 heterocycles. The van der Waals surface area contributed by atoms with Crippen molar-refractivity contribution in [2.24, 2.45) is 0 Å². The predicted octanol–water partition coefficient (Wildman–Crippen LogP) is 2.27. The van der Waals surface area contributed by atoms with E-state index >= 15 is 0 Å². The Morgan fingerprint density at radius 3 is 2.38 bits per heavy atom. The zero-order valence-electron chi connectivity index (χ0n) is 14.3. The Morgan fingerprint density at radius 1 is 1.00 bits per heavy atom. The molecule has 0 aliphatic carbocycles. The Bertz CT molecular complexity index is 800. The van der Waals surface area contributed by atoms with E-state index in [2.05, 4.69) is 0 Å². The molecule has 7 nitrogen and oxygen atoms in total. The Balaban J connectivity index is 1.74. The van der Waals surface area contributed by atoms with Gasteiger partial charge in [0.2, 0.25) is 0 Å². The zero-order valence-corrected chi connectivity index (χ0v) is 14.3. The van der Waals surface area contributed by atoms with Crippen LogP contribution in [0.15, 0.2) is 48.5 Å². The molecule has 0 aliphatic heterocycles. The molecule has 0 amide bonds. The van der Waals surface area contributed by atoms with E-state index in [9.17, 15) is 9.59 Å². The van der Waals surface area contributed by atoms with Crippen molar-refractivity contribution in [2.45, 2.75) is 0 Å². The standard InChI is InChI=1S/C19H20N2O5/c1-24-15-6-2-13(3-7-15)4-9-18(22)25-10-11-26-19(23)16-12-14(20)5-8-17(16)21/h2-9,12H,10-11,20-21H2,1H3/b9-4+. The second-order valence-electron chi connectivity index (χ2n) is 5.26. The van der Waals surface area contributed by atoms with Crippen LogP contribution in [-0.2, 0) is 14.3 Å². The van der Waals surface area contributed by atoms with E-state index in [1.165, 1.54) is 18.2 Å². The van der Waals surface area contributed by atoms with Crippen LogP contribution in [0.2, 0.25) is 0 Å². The molecule has 0 aliphatic rings. The fourth-order valence-corrected chi connectivity index (χ4v) is 2.03. The Kier molecular flexibility index (Phi) is 6.61. The third kappa shape index (κ3) is 5.55. The molecule has 0 aromatic heterocycles. The largest absolute Gasteiger partial charge is 0.497 e. The first-order chi connectivity index (χ1) is 12.5. The van der Waals surface area contributed by atoms with Gasteiger partial charge in [-0.15, -0.1) is 0 Å². The van der Waals surface area contributed by atoms with Gasteiger partial charge in [0.1, 0.15) is 19.0 Å². The molecule has 0 saturated heterocycles. The van der Waals surface area contributed by atoms with Crippen molar-refractivity contribution in [3.8, 4) is 5.75 Å². The maximum Gasteiger partial charge on any atom is 0.340 e. The summed E-state index contributed by atoms with van der Waals surface area (Å²) >= 11 is 0. The molecule has 0 bridgehead atoms. The van der Waals surface area contributed by atoms with Crippen molar-refractivity contribution in [3.63, 3.8) is 0 Å². The summed E-state index contributed by atoms with van der Waals surface area (Å²) in [7, 11) is 1.58. The number of rotatable bonds is 7. The fourth-order valence-electron chi connectivity index (χ4n) is 2.03. The van der Waals surface area contributed by atoms with Crippen LogP contribution in [0.4, 0.5) is 11.4 Å². The Morgan fingerprint density at radius 2 is 1.69 bits per heavy atom. The molecule has 0 atom stereocenters. The molecule has 0 fully saturated rings. The van der Waals surface area contributed by atoms with E-state index in [0.717, 1.165) is 11.3 Å². The van der Waals surface area contributed by atoms with Crippen LogP contribution in [0.1, 0.15) is 15.9 Å². The van der Waals surface area contributed by atoms with Crippen molar-refractivity contribution in [2.75, 3.05) is 31.8 Å². The van der Waals surface area contributed by atoms with Crippen molar-refractivity contribution in [3.05, 3.63) is 59.7 Å². The lowest BCUT2D eigenvalue weighted by Crippen LogP contribution is -2.14. The van der Waals surface area contributed by atoms with Gasteiger partial charge in [-0.1, -0.05) is 12.1 Å². The number of carbonyl (C=O) groups is 2. The number of nitrogen functional groups attached to an aromatic ring is 2. The second-order valence-corrected chi connectivity index (χ2v) is 5.26. The van der Waals surface area contributed by atoms with Gasteiger partial charge < -0.3 is 25.7 Å². The Labute approximate surface area is 151 Å². The molecule has 2 aromatic rings. The molecular formula is C19H20N2O5. The number of carbonyl (C=O) groups excluding carboxylic acids is 2. The topological polar surface area (TPSA) is 114 Å². The third-order valence-electron chi connectivity index (χ3n) is 3.39. The minimum absolute atomic E-state index is 0.0697. The van der Waals surface area contributed by atoms with Gasteiger partial charge in [0, 0.05) is 17.5 Å². The normalized spacial score (nSPS) is 10.5. The van der Waals surface area contributed by atoms with Crippen molar-refractivity contribution in [1.29, 1.82) is 0 Å². The van der Waals surface area contributed by atoms with Gasteiger partial charge >= 0.3 is 11.9 Å². The average Bonchev–Trinajstić information content (AvgIpc) is 2.65. The molecule has 0 radical (unpaired) electrons. The van der Waals surface area contributed by atoms with E-state index < -0.39 is 11.9 Å². The highest BCUT2D eigenvalue weighted by atomic mass is 16.6. The van der Waals surface area contributed by atoms with E-state index in [1.54, 1.807) is 43.5 Å². The molecule has 0 saturated carbocycles. The van der Waals surface area contributed by atoms with Gasteiger partial charge in [-0.25, -0.2) is 9.59 Å². The monoisotopic (exact) mass is 356 g/mol. The summed E-state index contributed by atoms with van der Waals surface area (Å²) in [5.74, 6) is -0.438. The molecule has 7 heteroatoms. The molecular weight excluding hydrogens is 336 g/mol. The molecule has 26 heavy (non-hydrogen) atoms. The number of hydrogen-bond donors (Lipinski definition) is 2. The average molecular weight is 356 g/mol. The quantitative estimate of drug-likeness (QED) is 0.338. The lowest BCUT2D eigenvalue weighted by Gasteiger charge is -2.07. The smallest absolute Gasteiger partial charge is 0.340 e. The number of nitrogens with two attached hydrogens (primary N) is 2. The first-order valence-electron chi connectivity index (χ1n) is 7.80. The van der Waals surface area contributed by atoms with E-state index in [-0.39, 0.29) is 24.5 Å². The molecule has 2 rings (SSSR count). The highest BCUT2D eigenvalue weighted by Crippen LogP contribution is 2.16. The summed E-state index contributed by atoms with van der Waals surface area (Å²) < 4.78 is 15.0. The van der Waals surface area contributed by atoms with Crippen LogP contribution in [0.3, 0.4) is 0 Å². The van der Waals surface area contributed by atoms with Crippen LogP contribution in [0, 0.1) is 0 Å². The van der Waals surface area contributed by atoms with E-state index in [4.69, 9.17) is 25.7 Å². The van der Waals surface area contributed by atoms with E-state index in [0.29, 0.717) is 5.69 Å². The van der Waals surface area contributed by atoms with Gasteiger partial charge in [0.25, 0.3) is 0 Å². The predicted molar refractivity (Wildman–Crippen MR) is 98.5 cm³/mol. The maximum atomic E-state index is 11.9. The lowest BCUT2D eigenvalue weighted by atomic mass is 10.1. The SMILES string of the molecule is COc1ccc(/C=C/C(=O)OCCOC(=O)c2cc(N)ccc2N)cc1. The van der Waals surface area contributed by atoms with Crippen LogP contribution >= 0.6 is 0 Å². The van der Waals surface area contributed by atoms with Crippen molar-refractivity contribution in [1.82, 2.24) is 0 Å². The molecule has 0 unspecified atom stereocenters. The zero-order chi connectivity index (χ0) is 18.9. The van der Waals surface area contributed by atoms with Crippen molar-refractivity contribution >= 4 is 29.4 Å². The third-order valence-corrected chi connectivity index (χ3v) is 3.39. The number of esters is 2. The van der Waals surface area contributed by atoms with E-state index in [1.807, 2.05) is 0 Å². The summed E-state index contributed by atoms with van der Waals surface area (Å²) in [6.45, 7) is -0.158. The summed E-state index contributed by atoms with van der Waals surface area (Å²) in [6, 6.07) is 11.7. The number of hydrogen-bond acceptors (Lipinski definition) is 7. The lowest BCUT2D eigenvalue weighted by molar-refractivity contribution is -0.138. The van der Waals surface area contributed by atoms with Crippen LogP contribution < -0.4 is 16.2 Å². The number of anilines is 2.